The van der Waals surface area contributed by atoms with Crippen LogP contribution in [-0.2, 0) is 6.61 Å². The van der Waals surface area contributed by atoms with Crippen molar-refractivity contribution in [3.8, 4) is 11.3 Å². The van der Waals surface area contributed by atoms with Crippen LogP contribution < -0.4 is 0 Å². The molecule has 1 aromatic carbocycles. The Hall–Kier alpha value is -1.68. The van der Waals surface area contributed by atoms with Gasteiger partial charge in [0.15, 0.2) is 0 Å². The van der Waals surface area contributed by atoms with E-state index in [2.05, 4.69) is 14.9 Å². The SMILES string of the molecule is OCc1nonc1-c1ccccc1. The lowest BCUT2D eigenvalue weighted by Crippen LogP contribution is -1.87. The molecule has 0 unspecified atom stereocenters. The van der Waals surface area contributed by atoms with E-state index in [9.17, 15) is 0 Å². The first-order valence-corrected chi connectivity index (χ1v) is 3.89. The molecule has 0 aliphatic heterocycles. The lowest BCUT2D eigenvalue weighted by atomic mass is 10.1. The summed E-state index contributed by atoms with van der Waals surface area (Å²) in [6, 6.07) is 9.48. The van der Waals surface area contributed by atoms with E-state index in [-0.39, 0.29) is 6.61 Å². The Morgan fingerprint density at radius 1 is 1.15 bits per heavy atom. The molecule has 2 rings (SSSR count). The van der Waals surface area contributed by atoms with E-state index in [4.69, 9.17) is 5.11 Å². The van der Waals surface area contributed by atoms with Crippen molar-refractivity contribution in [3.05, 3.63) is 36.0 Å². The Balaban J connectivity index is 2.47. The Kier molecular flexibility index (Phi) is 2.06. The van der Waals surface area contributed by atoms with Crippen LogP contribution in [0.25, 0.3) is 11.3 Å². The van der Waals surface area contributed by atoms with Crippen LogP contribution in [0.3, 0.4) is 0 Å². The predicted molar refractivity (Wildman–Crippen MR) is 45.7 cm³/mol. The zero-order chi connectivity index (χ0) is 9.10. The second kappa shape index (κ2) is 3.37. The third-order valence-electron chi connectivity index (χ3n) is 1.75. The van der Waals surface area contributed by atoms with E-state index in [0.29, 0.717) is 11.4 Å². The van der Waals surface area contributed by atoms with Crippen LogP contribution in [-0.4, -0.2) is 15.4 Å². The van der Waals surface area contributed by atoms with Crippen LogP contribution in [0.15, 0.2) is 35.0 Å². The Morgan fingerprint density at radius 2 is 1.92 bits per heavy atom. The van der Waals surface area contributed by atoms with Crippen molar-refractivity contribution >= 4 is 0 Å². The summed E-state index contributed by atoms with van der Waals surface area (Å²) in [7, 11) is 0. The fourth-order valence-corrected chi connectivity index (χ4v) is 1.13. The van der Waals surface area contributed by atoms with Gasteiger partial charge in [-0.3, -0.25) is 0 Å². The van der Waals surface area contributed by atoms with Crippen LogP contribution in [0.4, 0.5) is 0 Å². The summed E-state index contributed by atoms with van der Waals surface area (Å²) in [5, 5.41) is 16.2. The van der Waals surface area contributed by atoms with Gasteiger partial charge >= 0.3 is 0 Å². The number of aliphatic hydroxyl groups excluding tert-OH is 1. The van der Waals surface area contributed by atoms with Crippen molar-refractivity contribution < 1.29 is 9.74 Å². The van der Waals surface area contributed by atoms with Gasteiger partial charge in [0.05, 0.1) is 6.61 Å². The maximum atomic E-state index is 8.91. The topological polar surface area (TPSA) is 59.2 Å². The van der Waals surface area contributed by atoms with Gasteiger partial charge in [0.2, 0.25) is 0 Å². The molecule has 0 atom stereocenters. The smallest absolute Gasteiger partial charge is 0.140 e. The lowest BCUT2D eigenvalue weighted by molar-refractivity contribution is 0.254. The predicted octanol–water partition coefficient (Wildman–Crippen LogP) is 1.23. The first-order chi connectivity index (χ1) is 6.42. The minimum Gasteiger partial charge on any atom is -0.390 e. The second-order valence-electron chi connectivity index (χ2n) is 2.58. The van der Waals surface area contributed by atoms with Crippen molar-refractivity contribution in [1.29, 1.82) is 0 Å². The van der Waals surface area contributed by atoms with Gasteiger partial charge in [-0.05, 0) is 5.16 Å². The first-order valence-electron chi connectivity index (χ1n) is 3.89. The van der Waals surface area contributed by atoms with Gasteiger partial charge < -0.3 is 5.11 Å². The van der Waals surface area contributed by atoms with Crippen LogP contribution in [0.5, 0.6) is 0 Å². The number of hydrogen-bond donors (Lipinski definition) is 1. The van der Waals surface area contributed by atoms with Crippen molar-refractivity contribution in [2.24, 2.45) is 0 Å². The summed E-state index contributed by atoms with van der Waals surface area (Å²) in [5.41, 5.74) is 1.96. The third kappa shape index (κ3) is 1.43. The molecule has 4 heteroatoms. The number of aromatic nitrogens is 2. The van der Waals surface area contributed by atoms with E-state index < -0.39 is 0 Å². The lowest BCUT2D eigenvalue weighted by Gasteiger charge is -1.94. The molecule has 0 aliphatic carbocycles. The highest BCUT2D eigenvalue weighted by Gasteiger charge is 2.09. The van der Waals surface area contributed by atoms with E-state index in [1.807, 2.05) is 30.3 Å². The monoisotopic (exact) mass is 176 g/mol. The fraction of sp³-hybridized carbons (Fsp3) is 0.111. The van der Waals surface area contributed by atoms with Crippen molar-refractivity contribution in [1.82, 2.24) is 10.3 Å². The van der Waals surface area contributed by atoms with Crippen LogP contribution >= 0.6 is 0 Å². The summed E-state index contributed by atoms with van der Waals surface area (Å²) in [6.45, 7) is -0.159. The molecule has 1 heterocycles. The summed E-state index contributed by atoms with van der Waals surface area (Å²) in [5.74, 6) is 0. The van der Waals surface area contributed by atoms with Gasteiger partial charge in [-0.1, -0.05) is 35.5 Å². The number of aliphatic hydroxyl groups is 1. The molecule has 0 bridgehead atoms. The van der Waals surface area contributed by atoms with E-state index in [1.54, 1.807) is 0 Å². The molecular weight excluding hydrogens is 168 g/mol. The molecule has 4 nitrogen and oxygen atoms in total. The van der Waals surface area contributed by atoms with Gasteiger partial charge in [0.25, 0.3) is 0 Å². The number of hydrogen-bond acceptors (Lipinski definition) is 4. The van der Waals surface area contributed by atoms with E-state index in [1.165, 1.54) is 0 Å². The third-order valence-corrected chi connectivity index (χ3v) is 1.75. The molecule has 0 saturated heterocycles. The molecule has 13 heavy (non-hydrogen) atoms. The normalized spacial score (nSPS) is 10.2. The van der Waals surface area contributed by atoms with Gasteiger partial charge in [0, 0.05) is 5.56 Å². The molecule has 0 radical (unpaired) electrons. The van der Waals surface area contributed by atoms with E-state index >= 15 is 0 Å². The van der Waals surface area contributed by atoms with Crippen molar-refractivity contribution in [3.63, 3.8) is 0 Å². The summed E-state index contributed by atoms with van der Waals surface area (Å²) >= 11 is 0. The highest BCUT2D eigenvalue weighted by molar-refractivity contribution is 5.60. The maximum Gasteiger partial charge on any atom is 0.140 e. The highest BCUT2D eigenvalue weighted by atomic mass is 16.6. The molecular formula is C9H8N2O2. The molecule has 1 aromatic heterocycles. The Labute approximate surface area is 74.8 Å². The minimum atomic E-state index is -0.159. The van der Waals surface area contributed by atoms with Crippen LogP contribution in [0, 0.1) is 0 Å². The standard InChI is InChI=1S/C9H8N2O2/c12-6-8-9(11-13-10-8)7-4-2-1-3-5-7/h1-5,12H,6H2. The number of nitrogens with zero attached hydrogens (tertiary/aromatic N) is 2. The molecule has 66 valence electrons. The summed E-state index contributed by atoms with van der Waals surface area (Å²) < 4.78 is 4.53. The molecule has 0 saturated carbocycles. The molecule has 0 amide bonds. The largest absolute Gasteiger partial charge is 0.390 e. The van der Waals surface area contributed by atoms with Crippen molar-refractivity contribution in [2.45, 2.75) is 6.61 Å². The molecule has 0 aliphatic rings. The number of rotatable bonds is 2. The highest BCUT2D eigenvalue weighted by Crippen LogP contribution is 2.19. The molecule has 0 fully saturated rings. The minimum absolute atomic E-state index is 0.159. The maximum absolute atomic E-state index is 8.91. The number of benzene rings is 1. The zero-order valence-corrected chi connectivity index (χ0v) is 6.84. The Morgan fingerprint density at radius 3 is 2.62 bits per heavy atom. The quantitative estimate of drug-likeness (QED) is 0.747. The van der Waals surface area contributed by atoms with Gasteiger partial charge in [-0.2, -0.15) is 0 Å². The first kappa shape index (κ1) is 7.94. The average Bonchev–Trinajstić information content (AvgIpc) is 2.67. The van der Waals surface area contributed by atoms with Crippen molar-refractivity contribution in [2.75, 3.05) is 0 Å². The fourth-order valence-electron chi connectivity index (χ4n) is 1.13. The van der Waals surface area contributed by atoms with Gasteiger partial charge in [0.1, 0.15) is 11.4 Å². The van der Waals surface area contributed by atoms with Gasteiger partial charge in [-0.25, -0.2) is 4.63 Å². The van der Waals surface area contributed by atoms with Gasteiger partial charge in [-0.15, -0.1) is 0 Å². The molecule has 2 aromatic rings. The van der Waals surface area contributed by atoms with Crippen LogP contribution in [0.1, 0.15) is 5.69 Å². The average molecular weight is 176 g/mol. The zero-order valence-electron chi connectivity index (χ0n) is 6.84. The Bertz CT molecular complexity index is 384. The van der Waals surface area contributed by atoms with Crippen LogP contribution in [0.2, 0.25) is 0 Å². The summed E-state index contributed by atoms with van der Waals surface area (Å²) in [6.07, 6.45) is 0. The summed E-state index contributed by atoms with van der Waals surface area (Å²) in [4.78, 5) is 0. The second-order valence-corrected chi connectivity index (χ2v) is 2.58. The molecule has 1 N–H and O–H groups in total. The molecule has 0 spiro atoms. The van der Waals surface area contributed by atoms with E-state index in [0.717, 1.165) is 5.56 Å².